The van der Waals surface area contributed by atoms with Crippen LogP contribution in [0.5, 0.6) is 0 Å². The first-order valence-electron chi connectivity index (χ1n) is 8.48. The number of thiophene rings is 1. The van der Waals surface area contributed by atoms with E-state index in [0.717, 1.165) is 21.4 Å². The second-order valence-corrected chi connectivity index (χ2v) is 7.46. The quantitative estimate of drug-likeness (QED) is 0.484. The molecule has 0 aliphatic carbocycles. The molecule has 1 aliphatic heterocycles. The summed E-state index contributed by atoms with van der Waals surface area (Å²) in [6.45, 7) is 1.09. The minimum Gasteiger partial charge on any atom is -0.398 e. The molecule has 1 aliphatic rings. The maximum Gasteiger partial charge on any atom is 0.229 e. The van der Waals surface area contributed by atoms with Crippen molar-refractivity contribution in [1.82, 2.24) is 0 Å². The lowest BCUT2D eigenvalue weighted by Crippen LogP contribution is -2.23. The number of benzene rings is 2. The smallest absolute Gasteiger partial charge is 0.229 e. The fraction of sp³-hybridized carbons (Fsp3) is 0.200. The van der Waals surface area contributed by atoms with E-state index in [0.29, 0.717) is 35.9 Å². The van der Waals surface area contributed by atoms with E-state index in [9.17, 15) is 4.79 Å². The Hall–Kier alpha value is -2.70. The van der Waals surface area contributed by atoms with Gasteiger partial charge in [0.05, 0.1) is 23.1 Å². The molecule has 1 atom stereocenters. The summed E-state index contributed by atoms with van der Waals surface area (Å²) in [7, 11) is 0. The van der Waals surface area contributed by atoms with Crippen molar-refractivity contribution in [3.63, 3.8) is 0 Å². The van der Waals surface area contributed by atoms with Gasteiger partial charge in [0.1, 0.15) is 0 Å². The Balaban J connectivity index is 1.60. The number of rotatable bonds is 4. The highest BCUT2D eigenvalue weighted by molar-refractivity contribution is 7.21. The van der Waals surface area contributed by atoms with Crippen LogP contribution < -0.4 is 11.1 Å². The number of nitrogens with two attached hydrogens (primary N) is 1. The molecule has 2 heterocycles. The van der Waals surface area contributed by atoms with Crippen LogP contribution in [0.15, 0.2) is 48.5 Å². The van der Waals surface area contributed by atoms with Crippen LogP contribution in [0.2, 0.25) is 0 Å². The van der Waals surface area contributed by atoms with E-state index in [1.54, 1.807) is 29.5 Å². The first-order valence-corrected chi connectivity index (χ1v) is 9.29. The third-order valence-corrected chi connectivity index (χ3v) is 5.70. The van der Waals surface area contributed by atoms with Crippen LogP contribution in [0, 0.1) is 11.3 Å². The minimum absolute atomic E-state index is 0.0494. The number of hydrogen-bond acceptors (Lipinski definition) is 5. The van der Waals surface area contributed by atoms with E-state index >= 15 is 0 Å². The van der Waals surface area contributed by atoms with Crippen LogP contribution in [0.3, 0.4) is 0 Å². The predicted molar refractivity (Wildman–Crippen MR) is 106 cm³/mol. The van der Waals surface area contributed by atoms with Gasteiger partial charge in [0.15, 0.2) is 0 Å². The number of hydrogen-bond donors (Lipinski definition) is 3. The van der Waals surface area contributed by atoms with Crippen molar-refractivity contribution in [2.24, 2.45) is 5.92 Å². The molecule has 1 amide bonds. The van der Waals surface area contributed by atoms with Gasteiger partial charge >= 0.3 is 0 Å². The van der Waals surface area contributed by atoms with Crippen molar-refractivity contribution < 1.29 is 9.53 Å². The number of carbonyl (C=O) groups excluding carboxylic acids is 1. The van der Waals surface area contributed by atoms with E-state index < -0.39 is 0 Å². The first-order chi connectivity index (χ1) is 12.6. The Labute approximate surface area is 155 Å². The van der Waals surface area contributed by atoms with E-state index in [2.05, 4.69) is 5.32 Å². The van der Waals surface area contributed by atoms with Crippen molar-refractivity contribution in [2.45, 2.75) is 6.42 Å². The van der Waals surface area contributed by atoms with Crippen molar-refractivity contribution in [2.75, 3.05) is 24.3 Å². The Morgan fingerprint density at radius 3 is 2.85 bits per heavy atom. The zero-order valence-corrected chi connectivity index (χ0v) is 14.9. The maximum absolute atomic E-state index is 12.3. The summed E-state index contributed by atoms with van der Waals surface area (Å²) in [6.07, 6.45) is 0.741. The number of amides is 1. The molecular formula is C20H19N3O2S. The molecule has 0 bridgehead atoms. The standard InChI is InChI=1S/C20H19N3O2S/c21-16-6-5-14(23-20(24)13-7-8-25-11-13)10-15(16)19(22)18-9-12-3-1-2-4-17(12)26-18/h1-6,9-10,13,22H,7-8,11,21H2,(H,23,24). The summed E-state index contributed by atoms with van der Waals surface area (Å²) >= 11 is 1.57. The fourth-order valence-electron chi connectivity index (χ4n) is 3.07. The average Bonchev–Trinajstić information content (AvgIpc) is 3.32. The van der Waals surface area contributed by atoms with Crippen LogP contribution >= 0.6 is 11.3 Å². The van der Waals surface area contributed by atoms with Crippen molar-refractivity contribution in [1.29, 1.82) is 5.41 Å². The van der Waals surface area contributed by atoms with Gasteiger partial charge < -0.3 is 15.8 Å². The molecule has 0 spiro atoms. The van der Waals surface area contributed by atoms with Crippen LogP contribution in [0.1, 0.15) is 16.9 Å². The molecule has 0 radical (unpaired) electrons. The highest BCUT2D eigenvalue weighted by Crippen LogP contribution is 2.29. The molecule has 1 saturated heterocycles. The summed E-state index contributed by atoms with van der Waals surface area (Å²) in [4.78, 5) is 13.1. The molecule has 1 aromatic heterocycles. The van der Waals surface area contributed by atoms with E-state index in [1.807, 2.05) is 30.3 Å². The Kier molecular flexibility index (Phi) is 4.44. The SMILES string of the molecule is N=C(c1cc2ccccc2s1)c1cc(NC(=O)C2CCOC2)ccc1N. The number of anilines is 2. The average molecular weight is 365 g/mol. The molecule has 5 nitrogen and oxygen atoms in total. The third-order valence-electron chi connectivity index (χ3n) is 4.56. The summed E-state index contributed by atoms with van der Waals surface area (Å²) in [5, 5.41) is 12.6. The molecule has 1 unspecified atom stereocenters. The maximum atomic E-state index is 12.3. The van der Waals surface area contributed by atoms with Gasteiger partial charge in [-0.3, -0.25) is 10.2 Å². The van der Waals surface area contributed by atoms with Gasteiger partial charge in [0.25, 0.3) is 0 Å². The number of carbonyl (C=O) groups is 1. The lowest BCUT2D eigenvalue weighted by atomic mass is 10.0. The Bertz CT molecular complexity index is 957. The molecule has 2 aromatic carbocycles. The van der Waals surface area contributed by atoms with Gasteiger partial charge in [-0.1, -0.05) is 18.2 Å². The largest absolute Gasteiger partial charge is 0.398 e. The predicted octanol–water partition coefficient (Wildman–Crippen LogP) is 3.87. The van der Waals surface area contributed by atoms with E-state index in [1.165, 1.54) is 0 Å². The second-order valence-electron chi connectivity index (χ2n) is 6.38. The zero-order valence-electron chi connectivity index (χ0n) is 14.1. The molecule has 0 saturated carbocycles. The lowest BCUT2D eigenvalue weighted by molar-refractivity contribution is -0.119. The van der Waals surface area contributed by atoms with Crippen molar-refractivity contribution >= 4 is 44.4 Å². The summed E-state index contributed by atoms with van der Waals surface area (Å²) < 4.78 is 6.41. The molecular weight excluding hydrogens is 346 g/mol. The molecule has 6 heteroatoms. The van der Waals surface area contributed by atoms with Crippen LogP contribution in [0.4, 0.5) is 11.4 Å². The molecule has 1 fully saturated rings. The molecule has 3 aromatic rings. The highest BCUT2D eigenvalue weighted by Gasteiger charge is 2.23. The lowest BCUT2D eigenvalue weighted by Gasteiger charge is -2.12. The fourth-order valence-corrected chi connectivity index (χ4v) is 4.10. The Morgan fingerprint density at radius 2 is 2.08 bits per heavy atom. The number of nitrogens with one attached hydrogen (secondary N) is 2. The zero-order chi connectivity index (χ0) is 18.1. The molecule has 4 rings (SSSR count). The summed E-state index contributed by atoms with van der Waals surface area (Å²) in [6, 6.07) is 15.3. The van der Waals surface area contributed by atoms with Crippen LogP contribution in [-0.2, 0) is 9.53 Å². The van der Waals surface area contributed by atoms with Gasteiger partial charge in [-0.05, 0) is 42.1 Å². The summed E-state index contributed by atoms with van der Waals surface area (Å²) in [5.41, 5.74) is 8.27. The molecule has 4 N–H and O–H groups in total. The first kappa shape index (κ1) is 16.8. The Morgan fingerprint density at radius 1 is 1.23 bits per heavy atom. The minimum atomic E-state index is -0.113. The van der Waals surface area contributed by atoms with Gasteiger partial charge in [0.2, 0.25) is 5.91 Å². The highest BCUT2D eigenvalue weighted by atomic mass is 32.1. The molecule has 26 heavy (non-hydrogen) atoms. The number of fused-ring (bicyclic) bond motifs is 1. The summed E-state index contributed by atoms with van der Waals surface area (Å²) in [5.74, 6) is -0.162. The van der Waals surface area contributed by atoms with E-state index in [4.69, 9.17) is 15.9 Å². The second kappa shape index (κ2) is 6.90. The van der Waals surface area contributed by atoms with Crippen LogP contribution in [0.25, 0.3) is 10.1 Å². The van der Waals surface area contributed by atoms with Crippen molar-refractivity contribution in [3.05, 3.63) is 59.0 Å². The third kappa shape index (κ3) is 3.21. The molecule has 132 valence electrons. The topological polar surface area (TPSA) is 88.2 Å². The number of nitrogen functional groups attached to an aromatic ring is 1. The monoisotopic (exact) mass is 365 g/mol. The number of ether oxygens (including phenoxy) is 1. The van der Waals surface area contributed by atoms with Gasteiger partial charge in [-0.25, -0.2) is 0 Å². The normalized spacial score (nSPS) is 16.7. The van der Waals surface area contributed by atoms with Crippen LogP contribution in [-0.4, -0.2) is 24.8 Å². The van der Waals surface area contributed by atoms with Gasteiger partial charge in [-0.15, -0.1) is 11.3 Å². The van der Waals surface area contributed by atoms with Gasteiger partial charge in [-0.2, -0.15) is 0 Å². The van der Waals surface area contributed by atoms with Gasteiger partial charge in [0, 0.05) is 28.2 Å². The van der Waals surface area contributed by atoms with E-state index in [-0.39, 0.29) is 11.8 Å². The van der Waals surface area contributed by atoms with Crippen molar-refractivity contribution in [3.8, 4) is 0 Å².